The lowest BCUT2D eigenvalue weighted by Crippen LogP contribution is -2.21. The van der Waals surface area contributed by atoms with Gasteiger partial charge in [0.05, 0.1) is 18.0 Å². The van der Waals surface area contributed by atoms with Gasteiger partial charge < -0.3 is 19.3 Å². The van der Waals surface area contributed by atoms with Crippen LogP contribution in [0.4, 0.5) is 21.0 Å². The molecule has 0 fully saturated rings. The predicted molar refractivity (Wildman–Crippen MR) is 160 cm³/mol. The number of carbonyl (C=O) groups excluding carboxylic acids is 3. The summed E-state index contributed by atoms with van der Waals surface area (Å²) < 4.78 is 14.6. The van der Waals surface area contributed by atoms with Crippen molar-refractivity contribution >= 4 is 35.5 Å². The highest BCUT2D eigenvalue weighted by Crippen LogP contribution is 2.39. The molecule has 0 atom stereocenters. The van der Waals surface area contributed by atoms with Crippen molar-refractivity contribution in [2.45, 2.75) is 90.4 Å². The first-order valence-electron chi connectivity index (χ1n) is 15.4. The Morgan fingerprint density at radius 2 is 1.02 bits per heavy atom. The van der Waals surface area contributed by atoms with Gasteiger partial charge in [-0.3, -0.25) is 10.6 Å². The van der Waals surface area contributed by atoms with Gasteiger partial charge in [-0.1, -0.05) is 19.1 Å². The topological polar surface area (TPSA) is 140 Å². The predicted octanol–water partition coefficient (Wildman–Crippen LogP) is 5.46. The Balaban J connectivity index is 0.000000173. The van der Waals surface area contributed by atoms with Crippen LogP contribution in [-0.4, -0.2) is 49.1 Å². The van der Waals surface area contributed by atoms with E-state index in [1.54, 1.807) is 0 Å². The third kappa shape index (κ3) is 7.29. The van der Waals surface area contributed by atoms with E-state index in [1.165, 1.54) is 44.5 Å². The molecule has 6 rings (SSSR count). The molecule has 4 aliphatic carbocycles. The Bertz CT molecular complexity index is 1350. The lowest BCUT2D eigenvalue weighted by Gasteiger charge is -2.16. The summed E-state index contributed by atoms with van der Waals surface area (Å²) in [6.07, 6.45) is 12.2. The van der Waals surface area contributed by atoms with Crippen LogP contribution in [0.1, 0.15) is 83.5 Å². The number of hydrogen-bond donors (Lipinski definition) is 3. The minimum Gasteiger partial charge on any atom is -0.479 e. The summed E-state index contributed by atoms with van der Waals surface area (Å²) in [5, 5.41) is 14.2. The van der Waals surface area contributed by atoms with Crippen molar-refractivity contribution in [2.24, 2.45) is 0 Å². The van der Waals surface area contributed by atoms with Crippen molar-refractivity contribution in [1.82, 2.24) is 0 Å². The van der Waals surface area contributed by atoms with Crippen molar-refractivity contribution in [3.8, 4) is 0 Å². The second kappa shape index (κ2) is 13.9. The molecule has 10 nitrogen and oxygen atoms in total. The van der Waals surface area contributed by atoms with Gasteiger partial charge in [-0.05, 0) is 128 Å². The number of aryl methyl sites for hydroxylation is 4. The maximum atomic E-state index is 12.0. The molecule has 230 valence electrons. The number of carbonyl (C=O) groups is 4. The molecule has 2 aromatic carbocycles. The van der Waals surface area contributed by atoms with Gasteiger partial charge in [0.15, 0.2) is 13.2 Å². The van der Waals surface area contributed by atoms with Gasteiger partial charge in [0.1, 0.15) is 0 Å². The van der Waals surface area contributed by atoms with E-state index in [9.17, 15) is 19.2 Å². The second-order valence-electron chi connectivity index (χ2n) is 11.5. The molecule has 2 amide bonds. The molecule has 43 heavy (non-hydrogen) atoms. The minimum atomic E-state index is -1.15. The molecular weight excluding hydrogens is 552 g/mol. The van der Waals surface area contributed by atoms with E-state index in [4.69, 9.17) is 14.6 Å². The van der Waals surface area contributed by atoms with E-state index < -0.39 is 30.7 Å². The van der Waals surface area contributed by atoms with Crippen LogP contribution in [0.2, 0.25) is 0 Å². The van der Waals surface area contributed by atoms with Crippen LogP contribution in [-0.2, 0) is 75.2 Å². The fraction of sp³-hybridized carbons (Fsp3) is 0.515. The molecule has 0 aromatic heterocycles. The smallest absolute Gasteiger partial charge is 0.412 e. The molecule has 3 N–H and O–H groups in total. The molecular formula is C33H40N2O8. The van der Waals surface area contributed by atoms with Gasteiger partial charge in [-0.2, -0.15) is 0 Å². The Hall–Kier alpha value is -4.08. The maximum Gasteiger partial charge on any atom is 0.412 e. The lowest BCUT2D eigenvalue weighted by atomic mass is 9.99. The molecule has 0 spiro atoms. The van der Waals surface area contributed by atoms with Crippen molar-refractivity contribution in [2.75, 3.05) is 30.5 Å². The maximum absolute atomic E-state index is 12.0. The van der Waals surface area contributed by atoms with Gasteiger partial charge in [0.2, 0.25) is 0 Å². The first kappa shape index (κ1) is 30.4. The molecule has 0 aliphatic heterocycles. The quantitative estimate of drug-likeness (QED) is 0.271. The standard InChI is InChI=1S/C18H23NO4.C15H17NO4/c1-2-9-22-16(20)11-23-18(21)19-17-14-7-3-5-12(14)10-13-6-4-8-15(13)17;17-13(18)8-20-15(19)16-14-11-5-1-3-9(11)7-10-4-2-6-12(10)14/h10H,2-9,11H2,1H3,(H,19,21);7H,1-6,8H2,(H,16,19)(H,17,18). The fourth-order valence-corrected chi connectivity index (χ4v) is 6.72. The Morgan fingerprint density at radius 1 is 0.628 bits per heavy atom. The van der Waals surface area contributed by atoms with Crippen LogP contribution in [0.5, 0.6) is 0 Å². The van der Waals surface area contributed by atoms with E-state index in [0.717, 1.165) is 94.8 Å². The molecule has 10 heteroatoms. The van der Waals surface area contributed by atoms with Gasteiger partial charge in [0.25, 0.3) is 0 Å². The number of rotatable bonds is 8. The molecule has 0 bridgehead atoms. The molecule has 4 aliphatic rings. The molecule has 0 radical (unpaired) electrons. The highest BCUT2D eigenvalue weighted by atomic mass is 16.6. The third-order valence-electron chi connectivity index (χ3n) is 8.52. The van der Waals surface area contributed by atoms with E-state index in [2.05, 4.69) is 27.5 Å². The van der Waals surface area contributed by atoms with Crippen LogP contribution in [0.25, 0.3) is 0 Å². The number of hydrogen-bond acceptors (Lipinski definition) is 7. The van der Waals surface area contributed by atoms with Crippen LogP contribution < -0.4 is 10.6 Å². The lowest BCUT2D eigenvalue weighted by molar-refractivity contribution is -0.146. The zero-order chi connectivity index (χ0) is 30.3. The number of benzene rings is 2. The highest BCUT2D eigenvalue weighted by molar-refractivity contribution is 5.90. The van der Waals surface area contributed by atoms with E-state index >= 15 is 0 Å². The molecule has 0 saturated carbocycles. The van der Waals surface area contributed by atoms with Gasteiger partial charge in [0, 0.05) is 0 Å². The fourth-order valence-electron chi connectivity index (χ4n) is 6.72. The average Bonchev–Trinajstić information content (AvgIpc) is 3.80. The number of amides is 2. The van der Waals surface area contributed by atoms with Crippen LogP contribution in [0.15, 0.2) is 12.1 Å². The number of fused-ring (bicyclic) bond motifs is 4. The van der Waals surface area contributed by atoms with Crippen molar-refractivity contribution in [3.05, 3.63) is 56.6 Å². The van der Waals surface area contributed by atoms with E-state index in [1.807, 2.05) is 6.92 Å². The Morgan fingerprint density at radius 3 is 1.40 bits per heavy atom. The largest absolute Gasteiger partial charge is 0.479 e. The first-order chi connectivity index (χ1) is 20.8. The van der Waals surface area contributed by atoms with Gasteiger partial charge in [-0.25, -0.2) is 19.2 Å². The van der Waals surface area contributed by atoms with Crippen molar-refractivity contribution in [1.29, 1.82) is 0 Å². The second-order valence-corrected chi connectivity index (χ2v) is 11.5. The summed E-state index contributed by atoms with van der Waals surface area (Å²) >= 11 is 0. The average molecular weight is 593 g/mol. The van der Waals surface area contributed by atoms with Gasteiger partial charge in [-0.15, -0.1) is 0 Å². The molecule has 0 saturated heterocycles. The normalized spacial score (nSPS) is 15.3. The number of esters is 1. The van der Waals surface area contributed by atoms with Crippen LogP contribution in [0.3, 0.4) is 0 Å². The van der Waals surface area contributed by atoms with Crippen LogP contribution in [0, 0.1) is 0 Å². The third-order valence-corrected chi connectivity index (χ3v) is 8.52. The monoisotopic (exact) mass is 592 g/mol. The highest BCUT2D eigenvalue weighted by Gasteiger charge is 2.27. The number of anilines is 2. The number of carboxylic acids is 1. The molecule has 2 aromatic rings. The molecule has 0 heterocycles. The summed E-state index contributed by atoms with van der Waals surface area (Å²) in [6, 6.07) is 4.59. The van der Waals surface area contributed by atoms with Gasteiger partial charge >= 0.3 is 24.1 Å². The minimum absolute atomic E-state index is 0.344. The van der Waals surface area contributed by atoms with Crippen LogP contribution >= 0.6 is 0 Å². The van der Waals surface area contributed by atoms with E-state index in [0.29, 0.717) is 6.61 Å². The zero-order valence-electron chi connectivity index (χ0n) is 24.8. The zero-order valence-corrected chi connectivity index (χ0v) is 24.8. The summed E-state index contributed by atoms with van der Waals surface area (Å²) in [7, 11) is 0. The van der Waals surface area contributed by atoms with E-state index in [-0.39, 0.29) is 6.61 Å². The Kier molecular flexibility index (Phi) is 9.84. The Labute approximate surface area is 251 Å². The SMILES string of the molecule is CCCOC(=O)COC(=O)Nc1c2c(cc3c1CCC3)CCC2.O=C(O)COC(=O)Nc1c2c(cc3c1CCC3)CCC2. The van der Waals surface area contributed by atoms with Crippen molar-refractivity contribution in [3.63, 3.8) is 0 Å². The number of aliphatic carboxylic acids is 1. The summed E-state index contributed by atoms with van der Waals surface area (Å²) in [6.45, 7) is 1.31. The van der Waals surface area contributed by atoms with Crippen molar-refractivity contribution < 1.29 is 38.5 Å². The first-order valence-corrected chi connectivity index (χ1v) is 15.4. The molecule has 0 unspecified atom stereocenters. The number of carboxylic acid groups (broad SMARTS) is 1. The summed E-state index contributed by atoms with van der Waals surface area (Å²) in [4.78, 5) is 45.6. The number of ether oxygens (including phenoxy) is 3. The number of nitrogens with one attached hydrogen (secondary N) is 2. The summed E-state index contributed by atoms with van der Waals surface area (Å²) in [5.41, 5.74) is 12.1. The summed E-state index contributed by atoms with van der Waals surface area (Å²) in [5.74, 6) is -1.66.